The summed E-state index contributed by atoms with van der Waals surface area (Å²) in [5.41, 5.74) is -0.644. The predicted molar refractivity (Wildman–Crippen MR) is 136 cm³/mol. The summed E-state index contributed by atoms with van der Waals surface area (Å²) in [5.74, 6) is -0.608. The fourth-order valence-corrected chi connectivity index (χ4v) is 5.22. The van der Waals surface area contributed by atoms with E-state index in [4.69, 9.17) is 11.6 Å². The van der Waals surface area contributed by atoms with E-state index in [9.17, 15) is 34.8 Å². The maximum absolute atomic E-state index is 13.1. The number of hydrogen-bond acceptors (Lipinski definition) is 5. The van der Waals surface area contributed by atoms with Crippen LogP contribution in [0.5, 0.6) is 0 Å². The van der Waals surface area contributed by atoms with Crippen molar-refractivity contribution in [3.8, 4) is 0 Å². The molecule has 8 nitrogen and oxygen atoms in total. The number of carbonyl (C=O) groups excluding carboxylic acids is 1. The minimum absolute atomic E-state index is 0.0821. The summed E-state index contributed by atoms with van der Waals surface area (Å²) in [6, 6.07) is 13.4. The molecular weight excluding hydrogens is 555 g/mol. The molecule has 0 heterocycles. The van der Waals surface area contributed by atoms with E-state index in [2.05, 4.69) is 10.0 Å². The number of alkyl halides is 3. The van der Waals surface area contributed by atoms with Gasteiger partial charge in [0.2, 0.25) is 10.0 Å². The first-order valence-electron chi connectivity index (χ1n) is 10.5. The number of halogens is 4. The van der Waals surface area contributed by atoms with Crippen molar-refractivity contribution in [2.75, 3.05) is 27.1 Å². The number of sulfonamides is 2. The lowest BCUT2D eigenvalue weighted by Crippen LogP contribution is -2.28. The van der Waals surface area contributed by atoms with Crippen LogP contribution in [0.15, 0.2) is 71.6 Å². The topological polar surface area (TPSA) is 113 Å². The molecule has 0 fully saturated rings. The fourth-order valence-electron chi connectivity index (χ4n) is 3.12. The van der Waals surface area contributed by atoms with Crippen molar-refractivity contribution < 1.29 is 34.8 Å². The van der Waals surface area contributed by atoms with Gasteiger partial charge >= 0.3 is 6.18 Å². The van der Waals surface area contributed by atoms with Crippen molar-refractivity contribution in [1.29, 1.82) is 0 Å². The highest BCUT2D eigenvalue weighted by Crippen LogP contribution is 2.36. The number of nitrogens with zero attached hydrogens (tertiary/aromatic N) is 1. The van der Waals surface area contributed by atoms with Crippen molar-refractivity contribution in [3.05, 3.63) is 82.9 Å². The highest BCUT2D eigenvalue weighted by Gasteiger charge is 2.33. The lowest BCUT2D eigenvalue weighted by Gasteiger charge is -2.18. The molecular formula is C23H21ClF3N3O5S2. The van der Waals surface area contributed by atoms with Crippen LogP contribution in [0.25, 0.3) is 0 Å². The number of benzene rings is 3. The highest BCUT2D eigenvalue weighted by atomic mass is 35.5. The Bertz CT molecular complexity index is 1510. The average molecular weight is 576 g/mol. The number of hydrogen-bond donors (Lipinski definition) is 2. The van der Waals surface area contributed by atoms with E-state index in [-0.39, 0.29) is 27.6 Å². The summed E-state index contributed by atoms with van der Waals surface area (Å²) in [5, 5.41) is 2.01. The minimum atomic E-state index is -4.76. The molecule has 0 aromatic heterocycles. The summed E-state index contributed by atoms with van der Waals surface area (Å²) in [6.07, 6.45) is -4.76. The number of anilines is 3. The second-order valence-corrected chi connectivity index (χ2v) is 12.1. The lowest BCUT2D eigenvalue weighted by molar-refractivity contribution is -0.137. The van der Waals surface area contributed by atoms with E-state index >= 15 is 0 Å². The Morgan fingerprint density at radius 2 is 1.49 bits per heavy atom. The first kappa shape index (κ1) is 28.3. The Labute approximate surface area is 217 Å². The van der Waals surface area contributed by atoms with E-state index < -0.39 is 42.7 Å². The molecule has 0 spiro atoms. The summed E-state index contributed by atoms with van der Waals surface area (Å²) in [6.45, 7) is 1.52. The van der Waals surface area contributed by atoms with Crippen LogP contribution >= 0.6 is 11.6 Å². The molecule has 14 heteroatoms. The van der Waals surface area contributed by atoms with Crippen LogP contribution in [0.4, 0.5) is 30.2 Å². The van der Waals surface area contributed by atoms with Gasteiger partial charge in [-0.05, 0) is 73.7 Å². The van der Waals surface area contributed by atoms with Gasteiger partial charge in [-0.2, -0.15) is 13.2 Å². The maximum Gasteiger partial charge on any atom is 0.417 e. The summed E-state index contributed by atoms with van der Waals surface area (Å²) < 4.78 is 91.5. The fraction of sp³-hybridized carbons (Fsp3) is 0.174. The van der Waals surface area contributed by atoms with Gasteiger partial charge in [0.25, 0.3) is 15.9 Å². The molecule has 3 rings (SSSR count). The third kappa shape index (κ3) is 6.73. The molecule has 2 N–H and O–H groups in total. The standard InChI is InChI=1S/C23H21ClF3N3O5S2/c1-3-36(32,33)30(2)18-9-4-15(5-10-18)22(31)28-16-6-11-19(12-7-16)37(34,35)29-17-8-13-21(24)20(14-17)23(25,26)27/h4-14,29H,3H2,1-2H3,(H,28,31). The van der Waals surface area contributed by atoms with Crippen molar-refractivity contribution in [2.24, 2.45) is 0 Å². The zero-order valence-electron chi connectivity index (χ0n) is 19.4. The average Bonchev–Trinajstić information content (AvgIpc) is 2.84. The van der Waals surface area contributed by atoms with E-state index in [1.165, 1.54) is 62.5 Å². The van der Waals surface area contributed by atoms with Crippen molar-refractivity contribution >= 4 is 54.6 Å². The molecule has 0 radical (unpaired) electrons. The van der Waals surface area contributed by atoms with Gasteiger partial charge in [-0.25, -0.2) is 16.8 Å². The molecule has 0 aliphatic heterocycles. The summed E-state index contributed by atoms with van der Waals surface area (Å²) >= 11 is 5.56. The van der Waals surface area contributed by atoms with E-state index in [0.29, 0.717) is 11.8 Å². The predicted octanol–water partition coefficient (Wildman–Crippen LogP) is 5.20. The van der Waals surface area contributed by atoms with Gasteiger partial charge in [-0.15, -0.1) is 0 Å². The third-order valence-corrected chi connectivity index (χ3v) is 8.72. The molecule has 1 amide bonds. The van der Waals surface area contributed by atoms with Gasteiger partial charge in [0, 0.05) is 24.0 Å². The highest BCUT2D eigenvalue weighted by molar-refractivity contribution is 7.93. The first-order valence-corrected chi connectivity index (χ1v) is 14.0. The molecule has 0 aliphatic rings. The zero-order chi connectivity index (χ0) is 27.6. The van der Waals surface area contributed by atoms with Crippen molar-refractivity contribution in [3.63, 3.8) is 0 Å². The summed E-state index contributed by atoms with van der Waals surface area (Å²) in [4.78, 5) is 12.3. The zero-order valence-corrected chi connectivity index (χ0v) is 21.8. The van der Waals surface area contributed by atoms with E-state index in [0.717, 1.165) is 16.4 Å². The van der Waals surface area contributed by atoms with Crippen molar-refractivity contribution in [2.45, 2.75) is 18.0 Å². The van der Waals surface area contributed by atoms with E-state index in [1.807, 2.05) is 0 Å². The Hall–Kier alpha value is -3.29. The molecule has 37 heavy (non-hydrogen) atoms. The Morgan fingerprint density at radius 3 is 2.03 bits per heavy atom. The van der Waals surface area contributed by atoms with Gasteiger partial charge < -0.3 is 5.32 Å². The monoisotopic (exact) mass is 575 g/mol. The summed E-state index contributed by atoms with van der Waals surface area (Å²) in [7, 11) is -6.29. The lowest BCUT2D eigenvalue weighted by atomic mass is 10.2. The van der Waals surface area contributed by atoms with Gasteiger partial charge in [0.05, 0.1) is 26.9 Å². The molecule has 3 aromatic rings. The van der Waals surface area contributed by atoms with Gasteiger partial charge in [0.1, 0.15) is 0 Å². The number of nitrogens with one attached hydrogen (secondary N) is 2. The van der Waals surface area contributed by atoms with Gasteiger partial charge in [-0.3, -0.25) is 13.8 Å². The van der Waals surface area contributed by atoms with E-state index in [1.54, 1.807) is 0 Å². The molecule has 0 atom stereocenters. The smallest absolute Gasteiger partial charge is 0.322 e. The van der Waals surface area contributed by atoms with Crippen LogP contribution in [-0.2, 0) is 26.2 Å². The second-order valence-electron chi connectivity index (χ2n) is 7.69. The quantitative estimate of drug-likeness (QED) is 0.383. The van der Waals surface area contributed by atoms with Crippen LogP contribution in [-0.4, -0.2) is 35.5 Å². The third-order valence-electron chi connectivity index (χ3n) is 5.22. The minimum Gasteiger partial charge on any atom is -0.322 e. The van der Waals surface area contributed by atoms with Gasteiger partial charge in [-0.1, -0.05) is 11.6 Å². The normalized spacial score (nSPS) is 12.2. The Kier molecular flexibility index (Phi) is 8.10. The SMILES string of the molecule is CCS(=O)(=O)N(C)c1ccc(C(=O)Nc2ccc(S(=O)(=O)Nc3ccc(Cl)c(C(F)(F)F)c3)cc2)cc1. The molecule has 0 aliphatic carbocycles. The van der Waals surface area contributed by atoms with Crippen LogP contribution in [0.2, 0.25) is 5.02 Å². The number of rotatable bonds is 8. The molecule has 0 bridgehead atoms. The molecule has 0 saturated heterocycles. The molecule has 0 unspecified atom stereocenters. The second kappa shape index (κ2) is 10.6. The Balaban J connectivity index is 1.71. The number of carbonyl (C=O) groups is 1. The largest absolute Gasteiger partial charge is 0.417 e. The number of amides is 1. The Morgan fingerprint density at radius 1 is 0.919 bits per heavy atom. The van der Waals surface area contributed by atoms with Crippen LogP contribution in [0.1, 0.15) is 22.8 Å². The van der Waals surface area contributed by atoms with Crippen LogP contribution in [0, 0.1) is 0 Å². The first-order chi connectivity index (χ1) is 17.1. The molecule has 0 saturated carbocycles. The van der Waals surface area contributed by atoms with Gasteiger partial charge in [0.15, 0.2) is 0 Å². The van der Waals surface area contributed by atoms with Crippen LogP contribution < -0.4 is 14.3 Å². The molecule has 3 aromatic carbocycles. The molecule has 198 valence electrons. The maximum atomic E-state index is 13.1. The van der Waals surface area contributed by atoms with Crippen molar-refractivity contribution in [1.82, 2.24) is 0 Å². The van der Waals surface area contributed by atoms with Crippen LogP contribution in [0.3, 0.4) is 0 Å².